The van der Waals surface area contributed by atoms with Gasteiger partial charge in [0.15, 0.2) is 0 Å². The zero-order valence-corrected chi connectivity index (χ0v) is 14.6. The molecule has 3 rings (SSSR count). The van der Waals surface area contributed by atoms with Crippen LogP contribution in [-0.4, -0.2) is 59.1 Å². The summed E-state index contributed by atoms with van der Waals surface area (Å²) in [6.45, 7) is 3.12. The van der Waals surface area contributed by atoms with Crippen LogP contribution in [0.25, 0.3) is 0 Å². The first-order valence-electron chi connectivity index (χ1n) is 9.46. The molecule has 2 aliphatic rings. The van der Waals surface area contributed by atoms with E-state index in [2.05, 4.69) is 40.1 Å². The molecule has 4 nitrogen and oxygen atoms in total. The number of carbonyl (C=O) groups is 1. The molecule has 1 aromatic carbocycles. The maximum Gasteiger partial charge on any atom is 0.236 e. The summed E-state index contributed by atoms with van der Waals surface area (Å²) in [5, 5.41) is 9.61. The Balaban J connectivity index is 1.52. The Bertz CT molecular complexity index is 512. The van der Waals surface area contributed by atoms with Gasteiger partial charge in [-0.3, -0.25) is 9.69 Å². The highest BCUT2D eigenvalue weighted by Gasteiger charge is 2.28. The first-order valence-corrected chi connectivity index (χ1v) is 9.46. The molecule has 1 N–H and O–H groups in total. The average molecular weight is 330 g/mol. The highest BCUT2D eigenvalue weighted by molar-refractivity contribution is 5.78. The van der Waals surface area contributed by atoms with Crippen molar-refractivity contribution < 1.29 is 9.90 Å². The van der Waals surface area contributed by atoms with E-state index in [-0.39, 0.29) is 12.0 Å². The molecular weight excluding hydrogens is 300 g/mol. The van der Waals surface area contributed by atoms with E-state index in [9.17, 15) is 9.90 Å². The van der Waals surface area contributed by atoms with Gasteiger partial charge in [0.2, 0.25) is 5.91 Å². The van der Waals surface area contributed by atoms with Crippen LogP contribution in [0.2, 0.25) is 0 Å². The molecule has 132 valence electrons. The van der Waals surface area contributed by atoms with Gasteiger partial charge in [-0.15, -0.1) is 0 Å². The Morgan fingerprint density at radius 1 is 1.04 bits per heavy atom. The topological polar surface area (TPSA) is 43.8 Å². The van der Waals surface area contributed by atoms with Crippen LogP contribution in [0.1, 0.15) is 44.1 Å². The highest BCUT2D eigenvalue weighted by atomic mass is 16.3. The molecule has 0 aromatic heterocycles. The number of nitrogens with zero attached hydrogens (tertiary/aromatic N) is 2. The van der Waals surface area contributed by atoms with Crippen molar-refractivity contribution in [1.29, 1.82) is 0 Å². The van der Waals surface area contributed by atoms with E-state index in [1.165, 1.54) is 12.0 Å². The van der Waals surface area contributed by atoms with Crippen molar-refractivity contribution in [2.45, 2.75) is 57.1 Å². The normalized spacial score (nSPS) is 23.4. The molecule has 2 fully saturated rings. The summed E-state index contributed by atoms with van der Waals surface area (Å²) in [6, 6.07) is 11.0. The van der Waals surface area contributed by atoms with Crippen LogP contribution < -0.4 is 0 Å². The van der Waals surface area contributed by atoms with Crippen LogP contribution in [0, 0.1) is 0 Å². The number of hydrogen-bond acceptors (Lipinski definition) is 3. The van der Waals surface area contributed by atoms with Crippen LogP contribution in [0.4, 0.5) is 0 Å². The van der Waals surface area contributed by atoms with Crippen LogP contribution in [-0.2, 0) is 11.2 Å². The Hall–Kier alpha value is -1.39. The molecule has 0 bridgehead atoms. The number of aliphatic hydroxyl groups is 1. The minimum Gasteiger partial charge on any atom is -0.393 e. The zero-order chi connectivity index (χ0) is 16.8. The Labute approximate surface area is 145 Å². The quantitative estimate of drug-likeness (QED) is 0.902. The SMILES string of the molecule is O=C(CN1CCC(O)CC1)N1CCCCC1CCc1ccccc1. The van der Waals surface area contributed by atoms with Crippen LogP contribution >= 0.6 is 0 Å². The van der Waals surface area contributed by atoms with Gasteiger partial charge in [0, 0.05) is 25.7 Å². The van der Waals surface area contributed by atoms with Crippen molar-refractivity contribution in [3.8, 4) is 0 Å². The van der Waals surface area contributed by atoms with Crippen molar-refractivity contribution in [3.63, 3.8) is 0 Å². The Morgan fingerprint density at radius 2 is 1.79 bits per heavy atom. The molecule has 1 aromatic rings. The van der Waals surface area contributed by atoms with E-state index in [1.807, 2.05) is 0 Å². The predicted octanol–water partition coefficient (Wildman–Crippen LogP) is 2.46. The van der Waals surface area contributed by atoms with Crippen molar-refractivity contribution in [3.05, 3.63) is 35.9 Å². The third-order valence-corrected chi connectivity index (χ3v) is 5.47. The summed E-state index contributed by atoms with van der Waals surface area (Å²) < 4.78 is 0. The fourth-order valence-corrected chi connectivity index (χ4v) is 3.97. The summed E-state index contributed by atoms with van der Waals surface area (Å²) in [5.41, 5.74) is 1.36. The number of amides is 1. The molecule has 1 atom stereocenters. The molecule has 4 heteroatoms. The number of aliphatic hydroxyl groups excluding tert-OH is 1. The van der Waals surface area contributed by atoms with Crippen molar-refractivity contribution in [2.24, 2.45) is 0 Å². The zero-order valence-electron chi connectivity index (χ0n) is 14.6. The number of piperidine rings is 2. The van der Waals surface area contributed by atoms with Crippen molar-refractivity contribution in [1.82, 2.24) is 9.80 Å². The largest absolute Gasteiger partial charge is 0.393 e. The fraction of sp³-hybridized carbons (Fsp3) is 0.650. The van der Waals surface area contributed by atoms with Gasteiger partial charge in [0.1, 0.15) is 0 Å². The van der Waals surface area contributed by atoms with Crippen LogP contribution in [0.5, 0.6) is 0 Å². The number of hydrogen-bond donors (Lipinski definition) is 1. The minimum atomic E-state index is -0.176. The maximum atomic E-state index is 12.8. The second-order valence-corrected chi connectivity index (χ2v) is 7.27. The molecule has 2 heterocycles. The van der Waals surface area contributed by atoms with E-state index in [0.29, 0.717) is 12.6 Å². The first-order chi connectivity index (χ1) is 11.7. The number of benzene rings is 1. The Morgan fingerprint density at radius 3 is 2.54 bits per heavy atom. The molecule has 2 aliphatic heterocycles. The second kappa shape index (κ2) is 8.63. The third-order valence-electron chi connectivity index (χ3n) is 5.47. The summed E-state index contributed by atoms with van der Waals surface area (Å²) in [7, 11) is 0. The second-order valence-electron chi connectivity index (χ2n) is 7.27. The van der Waals surface area contributed by atoms with E-state index in [1.54, 1.807) is 0 Å². The molecule has 0 radical (unpaired) electrons. The monoisotopic (exact) mass is 330 g/mol. The van der Waals surface area contributed by atoms with Crippen molar-refractivity contribution in [2.75, 3.05) is 26.2 Å². The molecule has 2 saturated heterocycles. The average Bonchev–Trinajstić information content (AvgIpc) is 2.63. The molecule has 0 saturated carbocycles. The van der Waals surface area contributed by atoms with E-state index in [0.717, 1.165) is 58.2 Å². The van der Waals surface area contributed by atoms with Crippen molar-refractivity contribution >= 4 is 5.91 Å². The van der Waals surface area contributed by atoms with Gasteiger partial charge in [0.05, 0.1) is 12.6 Å². The molecule has 1 unspecified atom stereocenters. The molecule has 0 spiro atoms. The lowest BCUT2D eigenvalue weighted by atomic mass is 9.95. The number of rotatable bonds is 5. The summed E-state index contributed by atoms with van der Waals surface area (Å²) in [5.74, 6) is 0.282. The van der Waals surface area contributed by atoms with E-state index in [4.69, 9.17) is 0 Å². The number of carbonyl (C=O) groups excluding carboxylic acids is 1. The summed E-state index contributed by atoms with van der Waals surface area (Å²) in [4.78, 5) is 17.1. The van der Waals surface area contributed by atoms with Gasteiger partial charge in [-0.2, -0.15) is 0 Å². The number of aryl methyl sites for hydroxylation is 1. The van der Waals surface area contributed by atoms with Crippen LogP contribution in [0.3, 0.4) is 0 Å². The first kappa shape index (κ1) is 17.4. The van der Waals surface area contributed by atoms with Crippen LogP contribution in [0.15, 0.2) is 30.3 Å². The lowest BCUT2D eigenvalue weighted by molar-refractivity contribution is -0.136. The predicted molar refractivity (Wildman–Crippen MR) is 95.8 cm³/mol. The van der Waals surface area contributed by atoms with Gasteiger partial charge in [0.25, 0.3) is 0 Å². The van der Waals surface area contributed by atoms with Gasteiger partial charge < -0.3 is 10.0 Å². The third kappa shape index (κ3) is 4.81. The van der Waals surface area contributed by atoms with Gasteiger partial charge in [-0.25, -0.2) is 0 Å². The standard InChI is InChI=1S/C20H30N2O2/c23-19-11-14-21(15-12-19)16-20(24)22-13-5-4-8-18(22)10-9-17-6-2-1-3-7-17/h1-3,6-7,18-19,23H,4-5,8-16H2. The van der Waals surface area contributed by atoms with Gasteiger partial charge in [-0.1, -0.05) is 30.3 Å². The molecule has 24 heavy (non-hydrogen) atoms. The lowest BCUT2D eigenvalue weighted by Gasteiger charge is -2.38. The molecule has 0 aliphatic carbocycles. The van der Waals surface area contributed by atoms with E-state index >= 15 is 0 Å². The maximum absolute atomic E-state index is 12.8. The lowest BCUT2D eigenvalue weighted by Crippen LogP contribution is -2.49. The minimum absolute atomic E-state index is 0.176. The molecular formula is C20H30N2O2. The summed E-state index contributed by atoms with van der Waals surface area (Å²) in [6.07, 6.45) is 7.03. The van der Waals surface area contributed by atoms with Gasteiger partial charge >= 0.3 is 0 Å². The van der Waals surface area contributed by atoms with Gasteiger partial charge in [-0.05, 0) is 50.5 Å². The number of likely N-dealkylation sites (tertiary alicyclic amines) is 2. The molecule has 1 amide bonds. The smallest absolute Gasteiger partial charge is 0.236 e. The highest BCUT2D eigenvalue weighted by Crippen LogP contribution is 2.22. The Kier molecular flexibility index (Phi) is 6.27. The fourth-order valence-electron chi connectivity index (χ4n) is 3.97. The summed E-state index contributed by atoms with van der Waals surface area (Å²) >= 11 is 0. The van der Waals surface area contributed by atoms with E-state index < -0.39 is 0 Å².